The Morgan fingerprint density at radius 1 is 1.16 bits per heavy atom. The normalized spacial score (nSPS) is 18.2. The molecular weight excluding hydrogens is 495 g/mol. The van der Waals surface area contributed by atoms with Gasteiger partial charge in [0.25, 0.3) is 5.69 Å². The number of nitrogens with one attached hydrogen (secondary N) is 1. The van der Waals surface area contributed by atoms with Crippen molar-refractivity contribution in [2.75, 3.05) is 5.75 Å². The molecule has 37 heavy (non-hydrogen) atoms. The van der Waals surface area contributed by atoms with Crippen LogP contribution in [0.4, 0.5) is 15.8 Å². The molecule has 1 atom stereocenters. The molecule has 1 fully saturated rings. The molecule has 0 amide bonds. The van der Waals surface area contributed by atoms with Crippen LogP contribution in [-0.2, 0) is 5.72 Å². The van der Waals surface area contributed by atoms with Crippen LogP contribution in [0.1, 0.15) is 11.1 Å². The molecule has 0 radical (unpaired) electrons. The van der Waals surface area contributed by atoms with Crippen LogP contribution in [0.15, 0.2) is 103 Å². The van der Waals surface area contributed by atoms with Gasteiger partial charge in [-0.15, -0.1) is 0 Å². The quantitative estimate of drug-likeness (QED) is 0.264. The number of nitrogens with zero attached hydrogens (tertiary/aromatic N) is 5. The van der Waals surface area contributed by atoms with Gasteiger partial charge >= 0.3 is 0 Å². The number of hydrazine groups is 1. The van der Waals surface area contributed by atoms with Gasteiger partial charge in [0.15, 0.2) is 10.9 Å². The van der Waals surface area contributed by atoms with E-state index in [4.69, 9.17) is 0 Å². The zero-order valence-corrected chi connectivity index (χ0v) is 20.2. The summed E-state index contributed by atoms with van der Waals surface area (Å²) in [6.45, 7) is 4.13. The Labute approximate surface area is 215 Å². The molecular formula is C26H21FN6O3S. The van der Waals surface area contributed by atoms with Crippen LogP contribution >= 0.6 is 11.8 Å². The number of hydrogen-bond donors (Lipinski definition) is 2. The Morgan fingerprint density at radius 2 is 1.89 bits per heavy atom. The number of benzene rings is 3. The summed E-state index contributed by atoms with van der Waals surface area (Å²) in [6.07, 6.45) is 5.22. The van der Waals surface area contributed by atoms with E-state index in [1.807, 2.05) is 35.0 Å². The Hall–Kier alpha value is -4.48. The second kappa shape index (κ2) is 9.88. The molecule has 0 spiro atoms. The number of thioether (sulfide) groups is 1. The standard InChI is InChI=1S/C26H21FN6O3S/c1-18(19-6-10-21(11-7-19)31-15-14-28-17-31)30-32-25(29-24-5-3-2-4-23(24)27)37-16-26(32,34)20-8-12-22(13-9-20)33(35)36/h2-15,17,30,34H,1,16H2/t26-/m0/s1. The highest BCUT2D eigenvalue weighted by atomic mass is 32.2. The Bertz CT molecular complexity index is 1480. The maximum atomic E-state index is 14.4. The number of aromatic nitrogens is 2. The van der Waals surface area contributed by atoms with Crippen LogP contribution < -0.4 is 5.43 Å². The number of aliphatic hydroxyl groups is 1. The van der Waals surface area contributed by atoms with Crippen molar-refractivity contribution in [3.05, 3.63) is 125 Å². The molecule has 3 aromatic carbocycles. The summed E-state index contributed by atoms with van der Waals surface area (Å²) in [5.74, 6) is -0.368. The second-order valence-electron chi connectivity index (χ2n) is 8.20. The topological polar surface area (TPSA) is 109 Å². The lowest BCUT2D eigenvalue weighted by molar-refractivity contribution is -0.384. The molecule has 11 heteroatoms. The molecule has 1 aliphatic heterocycles. The van der Waals surface area contributed by atoms with Gasteiger partial charge in [-0.25, -0.2) is 19.4 Å². The van der Waals surface area contributed by atoms with Crippen molar-refractivity contribution >= 4 is 34.0 Å². The largest absolute Gasteiger partial charge is 0.365 e. The molecule has 0 saturated carbocycles. The lowest BCUT2D eigenvalue weighted by atomic mass is 10.0. The van der Waals surface area contributed by atoms with Gasteiger partial charge in [0.1, 0.15) is 11.5 Å². The Kier molecular flexibility index (Phi) is 6.47. The fraction of sp³-hybridized carbons (Fsp3) is 0.0769. The molecule has 186 valence electrons. The van der Waals surface area contributed by atoms with Crippen molar-refractivity contribution < 1.29 is 14.4 Å². The van der Waals surface area contributed by atoms with E-state index < -0.39 is 16.5 Å². The smallest absolute Gasteiger partial charge is 0.269 e. The van der Waals surface area contributed by atoms with E-state index in [0.717, 1.165) is 11.3 Å². The maximum absolute atomic E-state index is 14.4. The van der Waals surface area contributed by atoms with E-state index >= 15 is 0 Å². The molecule has 1 aromatic heterocycles. The number of non-ortho nitro benzene ring substituents is 1. The third-order valence-corrected chi connectivity index (χ3v) is 6.92. The summed E-state index contributed by atoms with van der Waals surface area (Å²) < 4.78 is 16.2. The summed E-state index contributed by atoms with van der Waals surface area (Å²) in [4.78, 5) is 19.1. The van der Waals surface area contributed by atoms with Crippen molar-refractivity contribution in [2.45, 2.75) is 5.72 Å². The van der Waals surface area contributed by atoms with Crippen LogP contribution in [0.2, 0.25) is 0 Å². The van der Waals surface area contributed by atoms with Crippen molar-refractivity contribution in [3.8, 4) is 5.69 Å². The maximum Gasteiger partial charge on any atom is 0.269 e. The minimum absolute atomic E-state index is 0.0971. The summed E-state index contributed by atoms with van der Waals surface area (Å²) >= 11 is 1.22. The van der Waals surface area contributed by atoms with Crippen molar-refractivity contribution in [2.24, 2.45) is 4.99 Å². The first-order valence-corrected chi connectivity index (χ1v) is 12.1. The highest BCUT2D eigenvalue weighted by molar-refractivity contribution is 8.14. The molecule has 9 nitrogen and oxygen atoms in total. The van der Waals surface area contributed by atoms with E-state index in [9.17, 15) is 19.6 Å². The summed E-state index contributed by atoms with van der Waals surface area (Å²) in [7, 11) is 0. The number of hydrogen-bond acceptors (Lipinski definition) is 7. The first-order valence-electron chi connectivity index (χ1n) is 11.1. The molecule has 2 N–H and O–H groups in total. The van der Waals surface area contributed by atoms with Gasteiger partial charge in [0, 0.05) is 35.8 Å². The Morgan fingerprint density at radius 3 is 2.54 bits per heavy atom. The van der Waals surface area contributed by atoms with Crippen LogP contribution in [0.5, 0.6) is 0 Å². The number of aliphatic imine (C=N–C) groups is 1. The fourth-order valence-corrected chi connectivity index (χ4v) is 4.94. The van der Waals surface area contributed by atoms with Gasteiger partial charge in [-0.2, -0.15) is 0 Å². The number of nitro benzene ring substituents is 1. The van der Waals surface area contributed by atoms with Crippen LogP contribution in [-0.4, -0.2) is 35.5 Å². The van der Waals surface area contributed by atoms with Gasteiger partial charge in [-0.3, -0.25) is 15.5 Å². The number of rotatable bonds is 7. The number of amidine groups is 1. The van der Waals surface area contributed by atoms with Gasteiger partial charge in [0.05, 0.1) is 22.7 Å². The van der Waals surface area contributed by atoms with E-state index in [2.05, 4.69) is 22.0 Å². The molecule has 0 aliphatic carbocycles. The molecule has 1 saturated heterocycles. The first-order chi connectivity index (χ1) is 17.8. The van der Waals surface area contributed by atoms with Crippen LogP contribution in [0, 0.1) is 15.9 Å². The van der Waals surface area contributed by atoms with Crippen molar-refractivity contribution in [1.29, 1.82) is 0 Å². The molecule has 0 bridgehead atoms. The summed E-state index contributed by atoms with van der Waals surface area (Å²) in [5.41, 5.74) is 4.01. The van der Waals surface area contributed by atoms with Crippen molar-refractivity contribution in [1.82, 2.24) is 20.0 Å². The lowest BCUT2D eigenvalue weighted by Gasteiger charge is -2.35. The molecule has 4 aromatic rings. The SMILES string of the molecule is C=C(NN1C(=Nc2ccccc2F)SC[C@]1(O)c1ccc([N+](=O)[O-])cc1)c1ccc(-n2ccnc2)cc1. The predicted octanol–water partition coefficient (Wildman–Crippen LogP) is 4.98. The van der Waals surface area contributed by atoms with E-state index in [-0.39, 0.29) is 17.1 Å². The number of halogens is 1. The summed E-state index contributed by atoms with van der Waals surface area (Å²) in [5, 5.41) is 24.6. The molecule has 1 aliphatic rings. The lowest BCUT2D eigenvalue weighted by Crippen LogP contribution is -2.51. The van der Waals surface area contributed by atoms with Crippen LogP contribution in [0.3, 0.4) is 0 Å². The Balaban J connectivity index is 1.48. The highest BCUT2D eigenvalue weighted by Gasteiger charge is 2.46. The fourth-order valence-electron chi connectivity index (χ4n) is 3.83. The van der Waals surface area contributed by atoms with E-state index in [0.29, 0.717) is 16.4 Å². The van der Waals surface area contributed by atoms with E-state index in [1.54, 1.807) is 24.7 Å². The first kappa shape index (κ1) is 24.2. The average Bonchev–Trinajstić information content (AvgIpc) is 3.56. The number of nitro groups is 1. The summed E-state index contributed by atoms with van der Waals surface area (Å²) in [6, 6.07) is 19.2. The zero-order chi connectivity index (χ0) is 26.0. The monoisotopic (exact) mass is 516 g/mol. The minimum Gasteiger partial charge on any atom is -0.365 e. The number of para-hydroxylation sites is 1. The second-order valence-corrected chi connectivity index (χ2v) is 9.14. The van der Waals surface area contributed by atoms with Gasteiger partial charge in [-0.05, 0) is 42.0 Å². The van der Waals surface area contributed by atoms with E-state index in [1.165, 1.54) is 53.2 Å². The van der Waals surface area contributed by atoms with Crippen molar-refractivity contribution in [3.63, 3.8) is 0 Å². The van der Waals surface area contributed by atoms with Gasteiger partial charge in [0.2, 0.25) is 0 Å². The minimum atomic E-state index is -1.65. The molecule has 2 heterocycles. The van der Waals surface area contributed by atoms with Gasteiger partial charge in [-0.1, -0.05) is 42.6 Å². The average molecular weight is 517 g/mol. The number of imidazole rings is 1. The van der Waals surface area contributed by atoms with Crippen LogP contribution in [0.25, 0.3) is 11.4 Å². The predicted molar refractivity (Wildman–Crippen MR) is 141 cm³/mol. The highest BCUT2D eigenvalue weighted by Crippen LogP contribution is 2.40. The third-order valence-electron chi connectivity index (χ3n) is 5.84. The third kappa shape index (κ3) is 4.82. The molecule has 5 rings (SSSR count). The van der Waals surface area contributed by atoms with Gasteiger partial charge < -0.3 is 9.67 Å². The zero-order valence-electron chi connectivity index (χ0n) is 19.4. The molecule has 0 unspecified atom stereocenters.